The number of hydrogen-bond acceptors (Lipinski definition) is 1. The van der Waals surface area contributed by atoms with Crippen molar-refractivity contribution in [2.75, 3.05) is 6.54 Å². The van der Waals surface area contributed by atoms with Gasteiger partial charge in [-0.15, -0.1) is 0 Å². The van der Waals surface area contributed by atoms with Gasteiger partial charge in [0, 0.05) is 12.1 Å². The first-order valence-electron chi connectivity index (χ1n) is 5.96. The lowest BCUT2D eigenvalue weighted by Crippen LogP contribution is -2.30. The summed E-state index contributed by atoms with van der Waals surface area (Å²) in [6, 6.07) is 4.22. The fraction of sp³-hybridized carbons (Fsp3) is 0.500. The van der Waals surface area contributed by atoms with Crippen LogP contribution in [0, 0.1) is 24.6 Å². The molecule has 1 rings (SSSR count). The van der Waals surface area contributed by atoms with Crippen LogP contribution in [0.15, 0.2) is 18.2 Å². The molecule has 1 unspecified atom stereocenters. The van der Waals surface area contributed by atoms with Gasteiger partial charge in [0.15, 0.2) is 0 Å². The van der Waals surface area contributed by atoms with Crippen molar-refractivity contribution in [3.8, 4) is 0 Å². The zero-order valence-electron chi connectivity index (χ0n) is 10.9. The van der Waals surface area contributed by atoms with Crippen LogP contribution in [0.4, 0.5) is 4.39 Å². The zero-order chi connectivity index (χ0) is 13.0. The highest BCUT2D eigenvalue weighted by Crippen LogP contribution is 2.11. The van der Waals surface area contributed by atoms with Gasteiger partial charge in [0.1, 0.15) is 5.82 Å². The summed E-state index contributed by atoms with van der Waals surface area (Å²) >= 11 is 0. The topological polar surface area (TPSA) is 29.1 Å². The molecule has 0 spiro atoms. The molecule has 0 bridgehead atoms. The van der Waals surface area contributed by atoms with Gasteiger partial charge in [-0.3, -0.25) is 4.79 Å². The standard InChI is InChI=1S/C14H20FNO/c1-9(2)11(4)8-16-14(17)13-6-5-12(15)7-10(13)3/h5-7,9,11H,8H2,1-4H3,(H,16,17). The highest BCUT2D eigenvalue weighted by molar-refractivity contribution is 5.95. The van der Waals surface area contributed by atoms with Crippen LogP contribution in [0.2, 0.25) is 0 Å². The first kappa shape index (κ1) is 13.7. The Kier molecular flexibility index (Phi) is 4.67. The van der Waals surface area contributed by atoms with Crippen molar-refractivity contribution in [1.29, 1.82) is 0 Å². The van der Waals surface area contributed by atoms with E-state index in [2.05, 4.69) is 26.1 Å². The fourth-order valence-electron chi connectivity index (χ4n) is 1.47. The molecule has 1 amide bonds. The molecule has 0 heterocycles. The Hall–Kier alpha value is -1.38. The smallest absolute Gasteiger partial charge is 0.251 e. The lowest BCUT2D eigenvalue weighted by molar-refractivity contribution is 0.0944. The number of amides is 1. The lowest BCUT2D eigenvalue weighted by Gasteiger charge is -2.16. The Morgan fingerprint density at radius 3 is 2.53 bits per heavy atom. The van der Waals surface area contributed by atoms with E-state index in [0.29, 0.717) is 29.5 Å². The molecule has 1 aromatic carbocycles. The van der Waals surface area contributed by atoms with Gasteiger partial charge in [0.2, 0.25) is 0 Å². The highest BCUT2D eigenvalue weighted by atomic mass is 19.1. The first-order chi connectivity index (χ1) is 7.91. The molecule has 3 heteroatoms. The molecular formula is C14H20FNO. The highest BCUT2D eigenvalue weighted by Gasteiger charge is 2.12. The second kappa shape index (κ2) is 5.80. The predicted molar refractivity (Wildman–Crippen MR) is 67.5 cm³/mol. The maximum absolute atomic E-state index is 12.9. The van der Waals surface area contributed by atoms with Gasteiger partial charge in [0.25, 0.3) is 5.91 Å². The van der Waals surface area contributed by atoms with E-state index in [1.807, 2.05) is 0 Å². The molecule has 1 N–H and O–H groups in total. The van der Waals surface area contributed by atoms with Crippen LogP contribution >= 0.6 is 0 Å². The number of rotatable bonds is 4. The molecule has 0 saturated heterocycles. The monoisotopic (exact) mass is 237 g/mol. The van der Waals surface area contributed by atoms with Crippen LogP contribution in [0.1, 0.15) is 36.7 Å². The number of halogens is 1. The second-order valence-electron chi connectivity index (χ2n) is 4.89. The number of carbonyl (C=O) groups is 1. The Bertz CT molecular complexity index is 401. The largest absolute Gasteiger partial charge is 0.352 e. The van der Waals surface area contributed by atoms with Gasteiger partial charge in [-0.2, -0.15) is 0 Å². The van der Waals surface area contributed by atoms with Crippen LogP contribution in [-0.4, -0.2) is 12.5 Å². The summed E-state index contributed by atoms with van der Waals surface area (Å²) in [7, 11) is 0. The summed E-state index contributed by atoms with van der Waals surface area (Å²) in [5.74, 6) is 0.522. The van der Waals surface area contributed by atoms with E-state index >= 15 is 0 Å². The van der Waals surface area contributed by atoms with Crippen molar-refractivity contribution in [2.45, 2.75) is 27.7 Å². The van der Waals surface area contributed by atoms with Crippen LogP contribution in [-0.2, 0) is 0 Å². The van der Waals surface area contributed by atoms with Crippen LogP contribution in [0.5, 0.6) is 0 Å². The minimum Gasteiger partial charge on any atom is -0.352 e. The molecule has 0 saturated carbocycles. The molecule has 1 aromatic rings. The van der Waals surface area contributed by atoms with Gasteiger partial charge in [-0.1, -0.05) is 20.8 Å². The Morgan fingerprint density at radius 2 is 2.00 bits per heavy atom. The normalized spacial score (nSPS) is 12.6. The summed E-state index contributed by atoms with van der Waals surface area (Å²) in [5.41, 5.74) is 1.21. The fourth-order valence-corrected chi connectivity index (χ4v) is 1.47. The molecule has 0 radical (unpaired) electrons. The Balaban J connectivity index is 2.64. The molecule has 2 nitrogen and oxygen atoms in total. The first-order valence-corrected chi connectivity index (χ1v) is 5.96. The van der Waals surface area contributed by atoms with Crippen molar-refractivity contribution >= 4 is 5.91 Å². The molecular weight excluding hydrogens is 217 g/mol. The predicted octanol–water partition coefficient (Wildman–Crippen LogP) is 3.16. The number of hydrogen-bond donors (Lipinski definition) is 1. The summed E-state index contributed by atoms with van der Waals surface area (Å²) in [5, 5.41) is 2.88. The van der Waals surface area contributed by atoms with Gasteiger partial charge >= 0.3 is 0 Å². The molecule has 0 aliphatic heterocycles. The van der Waals surface area contributed by atoms with Gasteiger partial charge in [0.05, 0.1) is 0 Å². The number of carbonyl (C=O) groups excluding carboxylic acids is 1. The van der Waals surface area contributed by atoms with Gasteiger partial charge in [-0.25, -0.2) is 4.39 Å². The molecule has 0 aromatic heterocycles. The Morgan fingerprint density at radius 1 is 1.35 bits per heavy atom. The van der Waals surface area contributed by atoms with E-state index in [-0.39, 0.29) is 11.7 Å². The van der Waals surface area contributed by atoms with Crippen molar-refractivity contribution in [3.05, 3.63) is 35.1 Å². The van der Waals surface area contributed by atoms with E-state index < -0.39 is 0 Å². The van der Waals surface area contributed by atoms with Crippen molar-refractivity contribution < 1.29 is 9.18 Å². The maximum atomic E-state index is 12.9. The van der Waals surface area contributed by atoms with Crippen LogP contribution in [0.3, 0.4) is 0 Å². The van der Waals surface area contributed by atoms with E-state index in [1.165, 1.54) is 18.2 Å². The summed E-state index contributed by atoms with van der Waals surface area (Å²) in [6.45, 7) is 8.74. The molecule has 94 valence electrons. The molecule has 1 atom stereocenters. The molecule has 0 aliphatic rings. The number of aryl methyl sites for hydroxylation is 1. The van der Waals surface area contributed by atoms with E-state index in [0.717, 1.165) is 0 Å². The second-order valence-corrected chi connectivity index (χ2v) is 4.89. The summed E-state index contributed by atoms with van der Waals surface area (Å²) in [4.78, 5) is 11.9. The average Bonchev–Trinajstić information content (AvgIpc) is 2.25. The van der Waals surface area contributed by atoms with E-state index in [9.17, 15) is 9.18 Å². The SMILES string of the molecule is Cc1cc(F)ccc1C(=O)NCC(C)C(C)C. The van der Waals surface area contributed by atoms with Gasteiger partial charge in [-0.05, 0) is 42.5 Å². The quantitative estimate of drug-likeness (QED) is 0.856. The van der Waals surface area contributed by atoms with Crippen molar-refractivity contribution in [2.24, 2.45) is 11.8 Å². The Labute approximate surface area is 102 Å². The molecule has 17 heavy (non-hydrogen) atoms. The third kappa shape index (κ3) is 3.84. The third-order valence-electron chi connectivity index (χ3n) is 3.16. The van der Waals surface area contributed by atoms with E-state index in [4.69, 9.17) is 0 Å². The minimum atomic E-state index is -0.311. The van der Waals surface area contributed by atoms with Crippen LogP contribution < -0.4 is 5.32 Å². The minimum absolute atomic E-state index is 0.130. The lowest BCUT2D eigenvalue weighted by atomic mass is 9.98. The summed E-state index contributed by atoms with van der Waals surface area (Å²) in [6.07, 6.45) is 0. The van der Waals surface area contributed by atoms with Crippen LogP contribution in [0.25, 0.3) is 0 Å². The third-order valence-corrected chi connectivity index (χ3v) is 3.16. The van der Waals surface area contributed by atoms with Crippen molar-refractivity contribution in [1.82, 2.24) is 5.32 Å². The van der Waals surface area contributed by atoms with E-state index in [1.54, 1.807) is 6.92 Å². The number of benzene rings is 1. The molecule has 0 aliphatic carbocycles. The molecule has 0 fully saturated rings. The zero-order valence-corrected chi connectivity index (χ0v) is 10.9. The van der Waals surface area contributed by atoms with Gasteiger partial charge < -0.3 is 5.32 Å². The van der Waals surface area contributed by atoms with Crippen molar-refractivity contribution in [3.63, 3.8) is 0 Å². The maximum Gasteiger partial charge on any atom is 0.251 e. The number of nitrogens with one attached hydrogen (secondary N) is 1. The summed E-state index contributed by atoms with van der Waals surface area (Å²) < 4.78 is 12.9. The average molecular weight is 237 g/mol.